The zero-order valence-electron chi connectivity index (χ0n) is 23.2. The Bertz CT molecular complexity index is 1740. The molecule has 0 radical (unpaired) electrons. The number of aromatic nitrogens is 1. The lowest BCUT2D eigenvalue weighted by atomic mass is 10.0. The quantitative estimate of drug-likeness (QED) is 0.124. The van der Waals surface area contributed by atoms with Gasteiger partial charge in [0.25, 0.3) is 5.91 Å². The van der Waals surface area contributed by atoms with E-state index in [1.165, 1.54) is 18.2 Å². The third-order valence-electron chi connectivity index (χ3n) is 6.59. The number of phenols is 2. The Labute approximate surface area is 245 Å². The highest BCUT2D eigenvalue weighted by atomic mass is 32.2. The highest BCUT2D eigenvalue weighted by Crippen LogP contribution is 2.32. The van der Waals surface area contributed by atoms with Gasteiger partial charge in [0.2, 0.25) is 10.0 Å². The Morgan fingerprint density at radius 2 is 1.74 bits per heavy atom. The van der Waals surface area contributed by atoms with E-state index in [1.54, 1.807) is 12.1 Å². The summed E-state index contributed by atoms with van der Waals surface area (Å²) in [6, 6.07) is 13.9. The van der Waals surface area contributed by atoms with Gasteiger partial charge in [-0.25, -0.2) is 8.42 Å². The van der Waals surface area contributed by atoms with E-state index in [2.05, 4.69) is 20.3 Å². The molecule has 0 aliphatic carbocycles. The van der Waals surface area contributed by atoms with Gasteiger partial charge >= 0.3 is 6.18 Å². The molecule has 0 aliphatic rings. The maximum Gasteiger partial charge on any atom is 0.416 e. The minimum absolute atomic E-state index is 0.0325. The fourth-order valence-corrected chi connectivity index (χ4v) is 5.11. The van der Waals surface area contributed by atoms with Crippen LogP contribution in [0.5, 0.6) is 11.5 Å². The van der Waals surface area contributed by atoms with Crippen LogP contribution in [0.3, 0.4) is 0 Å². The number of phenolic OH excluding ortho intramolecular Hbond substituents is 2. The Hall–Kier alpha value is -4.27. The fourth-order valence-electron chi connectivity index (χ4n) is 4.55. The fraction of sp³-hybridized carbons (Fsp3) is 0.276. The number of hydrogen-bond donors (Lipinski definition) is 7. The molecule has 10 nitrogen and oxygen atoms in total. The lowest BCUT2D eigenvalue weighted by Gasteiger charge is -2.18. The van der Waals surface area contributed by atoms with Gasteiger partial charge in [-0.15, -0.1) is 0 Å². The van der Waals surface area contributed by atoms with Crippen LogP contribution < -0.4 is 15.4 Å². The standard InChI is InChI=1S/C29H31F3N4O6S/c1-16(33-15-27(39)19-4-6-26(38)24(11-19)36-43(2,41)42)7-17-3-5-23-20(8-17)12-25(35-23)28(40)34-14-18-9-21(29(30,31)32)13-22(37)10-18/h3-6,8-13,16,27,33,35-39H,7,14-15H2,1-2H3,(H,34,40)/t16-,27-/m1/s1. The molecule has 1 aromatic heterocycles. The number of fused-ring (bicyclic) bond motifs is 1. The number of carbonyl (C=O) groups excluding carboxylic acids is 1. The molecule has 0 spiro atoms. The Kier molecular flexibility index (Phi) is 9.23. The number of halogens is 3. The Morgan fingerprint density at radius 1 is 1.00 bits per heavy atom. The van der Waals surface area contributed by atoms with Crippen molar-refractivity contribution in [1.82, 2.24) is 15.6 Å². The maximum absolute atomic E-state index is 13.0. The average Bonchev–Trinajstić information content (AvgIpc) is 3.34. The molecule has 4 aromatic rings. The number of alkyl halides is 3. The number of H-pyrrole nitrogens is 1. The monoisotopic (exact) mass is 620 g/mol. The largest absolute Gasteiger partial charge is 0.508 e. The van der Waals surface area contributed by atoms with Gasteiger partial charge in [0.05, 0.1) is 23.6 Å². The van der Waals surface area contributed by atoms with E-state index in [9.17, 15) is 41.7 Å². The summed E-state index contributed by atoms with van der Waals surface area (Å²) in [5, 5.41) is 36.6. The summed E-state index contributed by atoms with van der Waals surface area (Å²) in [7, 11) is -3.62. The number of aromatic hydroxyl groups is 2. The Morgan fingerprint density at radius 3 is 2.44 bits per heavy atom. The molecular formula is C29H31F3N4O6S. The van der Waals surface area contributed by atoms with Crippen LogP contribution >= 0.6 is 0 Å². The van der Waals surface area contributed by atoms with Crippen LogP contribution in [0.15, 0.2) is 60.7 Å². The van der Waals surface area contributed by atoms with E-state index in [0.717, 1.165) is 29.3 Å². The molecule has 1 amide bonds. The van der Waals surface area contributed by atoms with E-state index < -0.39 is 39.5 Å². The number of hydrogen-bond acceptors (Lipinski definition) is 7. The minimum Gasteiger partial charge on any atom is -0.508 e. The van der Waals surface area contributed by atoms with Gasteiger partial charge in [-0.05, 0) is 78.6 Å². The van der Waals surface area contributed by atoms with Crippen molar-refractivity contribution in [2.75, 3.05) is 17.5 Å². The molecule has 4 rings (SSSR count). The molecule has 7 N–H and O–H groups in total. The first-order valence-electron chi connectivity index (χ1n) is 13.1. The first-order chi connectivity index (χ1) is 20.1. The summed E-state index contributed by atoms with van der Waals surface area (Å²) >= 11 is 0. The first-order valence-corrected chi connectivity index (χ1v) is 15.0. The molecule has 0 unspecified atom stereocenters. The number of aliphatic hydroxyl groups is 1. The average molecular weight is 621 g/mol. The number of anilines is 1. The second kappa shape index (κ2) is 12.5. The highest BCUT2D eigenvalue weighted by molar-refractivity contribution is 7.92. The number of aromatic amines is 1. The van der Waals surface area contributed by atoms with Crippen molar-refractivity contribution < 1.29 is 41.7 Å². The molecule has 230 valence electrons. The van der Waals surface area contributed by atoms with E-state index in [0.29, 0.717) is 23.6 Å². The number of rotatable bonds is 11. The van der Waals surface area contributed by atoms with Crippen molar-refractivity contribution in [3.8, 4) is 11.5 Å². The molecule has 1 heterocycles. The van der Waals surface area contributed by atoms with Crippen LogP contribution in [0, 0.1) is 0 Å². The maximum atomic E-state index is 13.0. The normalized spacial score (nSPS) is 13.5. The number of amides is 1. The van der Waals surface area contributed by atoms with Gasteiger partial charge in [0.1, 0.15) is 17.2 Å². The predicted molar refractivity (Wildman–Crippen MR) is 155 cm³/mol. The van der Waals surface area contributed by atoms with Crippen molar-refractivity contribution >= 4 is 32.5 Å². The van der Waals surface area contributed by atoms with Crippen molar-refractivity contribution in [3.63, 3.8) is 0 Å². The summed E-state index contributed by atoms with van der Waals surface area (Å²) in [6.45, 7) is 1.86. The second-order valence-corrected chi connectivity index (χ2v) is 12.1. The number of carbonyl (C=O) groups is 1. The molecule has 0 bridgehead atoms. The smallest absolute Gasteiger partial charge is 0.416 e. The SMILES string of the molecule is C[C@H](Cc1ccc2[nH]c(C(=O)NCc3cc(O)cc(C(F)(F)F)c3)cc2c1)NC[C@@H](O)c1ccc(O)c(NS(C)(=O)=O)c1. The summed E-state index contributed by atoms with van der Waals surface area (Å²) in [6.07, 6.45) is -4.08. The van der Waals surface area contributed by atoms with Crippen LogP contribution in [0.25, 0.3) is 10.9 Å². The molecule has 3 aromatic carbocycles. The van der Waals surface area contributed by atoms with Gasteiger partial charge in [-0.1, -0.05) is 12.1 Å². The zero-order chi connectivity index (χ0) is 31.5. The minimum atomic E-state index is -4.63. The third-order valence-corrected chi connectivity index (χ3v) is 7.18. The summed E-state index contributed by atoms with van der Waals surface area (Å²) < 4.78 is 64.3. The van der Waals surface area contributed by atoms with Gasteiger partial charge in [0.15, 0.2) is 0 Å². The van der Waals surface area contributed by atoms with E-state index in [4.69, 9.17) is 0 Å². The van der Waals surface area contributed by atoms with Crippen LogP contribution in [0.1, 0.15) is 45.8 Å². The molecule has 0 saturated heterocycles. The Balaban J connectivity index is 1.34. The topological polar surface area (TPSA) is 164 Å². The predicted octanol–water partition coefficient (Wildman–Crippen LogP) is 4.15. The van der Waals surface area contributed by atoms with Crippen molar-refractivity contribution in [2.24, 2.45) is 0 Å². The van der Waals surface area contributed by atoms with Gasteiger partial charge in [-0.2, -0.15) is 13.2 Å². The number of benzene rings is 3. The molecule has 43 heavy (non-hydrogen) atoms. The van der Waals surface area contributed by atoms with Crippen LogP contribution in [0.2, 0.25) is 0 Å². The molecular weight excluding hydrogens is 589 g/mol. The first kappa shape index (κ1) is 31.7. The van der Waals surface area contributed by atoms with Gasteiger partial charge in [-0.3, -0.25) is 9.52 Å². The van der Waals surface area contributed by atoms with E-state index in [1.807, 2.05) is 19.1 Å². The van der Waals surface area contributed by atoms with Crippen molar-refractivity contribution in [1.29, 1.82) is 0 Å². The van der Waals surface area contributed by atoms with Crippen LogP contribution in [-0.4, -0.2) is 53.5 Å². The number of aliphatic hydroxyl groups excluding tert-OH is 1. The molecule has 2 atom stereocenters. The lowest BCUT2D eigenvalue weighted by molar-refractivity contribution is -0.137. The van der Waals surface area contributed by atoms with E-state index in [-0.39, 0.29) is 41.8 Å². The molecule has 0 fully saturated rings. The molecule has 0 aliphatic heterocycles. The van der Waals surface area contributed by atoms with Gasteiger partial charge < -0.3 is 30.9 Å². The van der Waals surface area contributed by atoms with Crippen molar-refractivity contribution in [2.45, 2.75) is 38.2 Å². The lowest BCUT2D eigenvalue weighted by Crippen LogP contribution is -2.32. The number of sulfonamides is 1. The highest BCUT2D eigenvalue weighted by Gasteiger charge is 2.31. The van der Waals surface area contributed by atoms with Crippen molar-refractivity contribution in [3.05, 3.63) is 88.6 Å². The number of nitrogens with one attached hydrogen (secondary N) is 4. The summed E-state index contributed by atoms with van der Waals surface area (Å²) in [5.41, 5.74) is 1.31. The van der Waals surface area contributed by atoms with E-state index >= 15 is 0 Å². The second-order valence-electron chi connectivity index (χ2n) is 10.4. The third kappa shape index (κ3) is 8.63. The summed E-state index contributed by atoms with van der Waals surface area (Å²) in [5.74, 6) is -1.34. The molecule has 0 saturated carbocycles. The summed E-state index contributed by atoms with van der Waals surface area (Å²) in [4.78, 5) is 15.7. The molecule has 14 heteroatoms. The zero-order valence-corrected chi connectivity index (χ0v) is 24.0. The van der Waals surface area contributed by atoms with Crippen LogP contribution in [0.4, 0.5) is 18.9 Å². The van der Waals surface area contributed by atoms with Gasteiger partial charge in [0, 0.05) is 30.0 Å². The van der Waals surface area contributed by atoms with Crippen LogP contribution in [-0.2, 0) is 29.2 Å².